The quantitative estimate of drug-likeness (QED) is 0.656. The maximum absolute atomic E-state index is 11.9. The van der Waals surface area contributed by atoms with Crippen LogP contribution in [0.1, 0.15) is 29.3 Å². The van der Waals surface area contributed by atoms with Crippen LogP contribution in [0.15, 0.2) is 30.6 Å². The molecule has 8 nitrogen and oxygen atoms in total. The molecule has 1 N–H and O–H groups in total. The molecule has 1 fully saturated rings. The first kappa shape index (κ1) is 18.7. The van der Waals surface area contributed by atoms with E-state index in [-0.39, 0.29) is 23.8 Å². The average Bonchev–Trinajstić information content (AvgIpc) is 3.32. The molecule has 3 heterocycles. The summed E-state index contributed by atoms with van der Waals surface area (Å²) in [5, 5.41) is 14.9. The van der Waals surface area contributed by atoms with Crippen LogP contribution in [-0.2, 0) is 9.53 Å². The van der Waals surface area contributed by atoms with Gasteiger partial charge >= 0.3 is 5.97 Å². The van der Waals surface area contributed by atoms with Crippen LogP contribution in [0.5, 0.6) is 11.6 Å². The van der Waals surface area contributed by atoms with Crippen molar-refractivity contribution in [3.63, 3.8) is 0 Å². The molecule has 1 atom stereocenters. The largest absolute Gasteiger partial charge is 0.497 e. The fourth-order valence-corrected chi connectivity index (χ4v) is 4.84. The van der Waals surface area contributed by atoms with Gasteiger partial charge in [-0.2, -0.15) is 9.61 Å². The predicted molar refractivity (Wildman–Crippen MR) is 104 cm³/mol. The summed E-state index contributed by atoms with van der Waals surface area (Å²) in [7, 11) is 3.07. The SMILES string of the molecule is COC(=O)C1CCN(C(c2ccc(OC)cc2)c2sc3ncnn3c2O)CC1. The van der Waals surface area contributed by atoms with E-state index in [2.05, 4.69) is 15.0 Å². The van der Waals surface area contributed by atoms with Crippen molar-refractivity contribution in [2.24, 2.45) is 5.92 Å². The van der Waals surface area contributed by atoms with E-state index in [1.165, 1.54) is 29.3 Å². The molecule has 0 aliphatic carbocycles. The maximum Gasteiger partial charge on any atom is 0.308 e. The van der Waals surface area contributed by atoms with Crippen molar-refractivity contribution in [3.8, 4) is 11.6 Å². The van der Waals surface area contributed by atoms with Crippen molar-refractivity contribution in [2.45, 2.75) is 18.9 Å². The first-order valence-corrected chi connectivity index (χ1v) is 9.91. The van der Waals surface area contributed by atoms with Crippen LogP contribution in [0, 0.1) is 5.92 Å². The minimum atomic E-state index is -0.155. The number of aromatic hydroxyl groups is 1. The summed E-state index contributed by atoms with van der Waals surface area (Å²) in [5.41, 5.74) is 1.04. The lowest BCUT2D eigenvalue weighted by atomic mass is 9.93. The summed E-state index contributed by atoms with van der Waals surface area (Å²) < 4.78 is 11.6. The van der Waals surface area contributed by atoms with Gasteiger partial charge < -0.3 is 14.6 Å². The molecule has 28 heavy (non-hydrogen) atoms. The molecular weight excluding hydrogens is 380 g/mol. The third kappa shape index (κ3) is 3.31. The van der Waals surface area contributed by atoms with E-state index in [1.54, 1.807) is 7.11 Å². The van der Waals surface area contributed by atoms with E-state index in [0.717, 1.165) is 42.1 Å². The zero-order valence-electron chi connectivity index (χ0n) is 15.7. The Labute approximate surface area is 166 Å². The van der Waals surface area contributed by atoms with Crippen LogP contribution in [0.2, 0.25) is 0 Å². The van der Waals surface area contributed by atoms with Crippen molar-refractivity contribution < 1.29 is 19.4 Å². The van der Waals surface area contributed by atoms with E-state index >= 15 is 0 Å². The molecule has 1 unspecified atom stereocenters. The van der Waals surface area contributed by atoms with E-state index in [4.69, 9.17) is 9.47 Å². The number of hydrogen-bond donors (Lipinski definition) is 1. The van der Waals surface area contributed by atoms with Gasteiger partial charge in [0.05, 0.1) is 31.1 Å². The number of fused-ring (bicyclic) bond motifs is 1. The third-order valence-corrected chi connectivity index (χ3v) is 6.33. The van der Waals surface area contributed by atoms with Gasteiger partial charge in [0.15, 0.2) is 0 Å². The number of carbonyl (C=O) groups excluding carboxylic acids is 1. The first-order valence-electron chi connectivity index (χ1n) is 9.09. The van der Waals surface area contributed by atoms with Crippen LogP contribution >= 0.6 is 11.3 Å². The van der Waals surface area contributed by atoms with E-state index in [1.807, 2.05) is 24.3 Å². The Kier molecular flexibility index (Phi) is 5.19. The molecule has 1 aliphatic heterocycles. The molecule has 3 aromatic rings. The lowest BCUT2D eigenvalue weighted by Crippen LogP contribution is -2.39. The van der Waals surface area contributed by atoms with Crippen molar-refractivity contribution in [1.29, 1.82) is 0 Å². The Hall–Kier alpha value is -2.65. The van der Waals surface area contributed by atoms with Crippen LogP contribution in [0.4, 0.5) is 0 Å². The monoisotopic (exact) mass is 402 g/mol. The number of ether oxygens (including phenoxy) is 2. The second kappa shape index (κ2) is 7.76. The molecular formula is C19H22N4O4S. The number of thiazole rings is 1. The van der Waals surface area contributed by atoms with Gasteiger partial charge in [-0.1, -0.05) is 23.5 Å². The Morgan fingerprint density at radius 2 is 1.96 bits per heavy atom. The fourth-order valence-electron chi connectivity index (χ4n) is 3.75. The second-order valence-electron chi connectivity index (χ2n) is 6.75. The van der Waals surface area contributed by atoms with Gasteiger partial charge in [-0.15, -0.1) is 0 Å². The summed E-state index contributed by atoms with van der Waals surface area (Å²) >= 11 is 1.42. The third-order valence-electron chi connectivity index (χ3n) is 5.25. The zero-order chi connectivity index (χ0) is 19.7. The van der Waals surface area contributed by atoms with Gasteiger partial charge in [0.2, 0.25) is 10.8 Å². The summed E-state index contributed by atoms with van der Waals surface area (Å²) in [6.45, 7) is 1.45. The zero-order valence-corrected chi connectivity index (χ0v) is 16.6. The molecule has 1 saturated heterocycles. The molecule has 2 aromatic heterocycles. The number of esters is 1. The van der Waals surface area contributed by atoms with Gasteiger partial charge in [0, 0.05) is 0 Å². The maximum atomic E-state index is 11.9. The summed E-state index contributed by atoms with van der Waals surface area (Å²) in [6, 6.07) is 7.68. The number of nitrogens with zero attached hydrogens (tertiary/aromatic N) is 4. The minimum Gasteiger partial charge on any atom is -0.497 e. The van der Waals surface area contributed by atoms with E-state index < -0.39 is 0 Å². The highest BCUT2D eigenvalue weighted by atomic mass is 32.1. The summed E-state index contributed by atoms with van der Waals surface area (Å²) in [6.07, 6.45) is 2.88. The molecule has 0 bridgehead atoms. The Morgan fingerprint density at radius 3 is 2.57 bits per heavy atom. The van der Waals surface area contributed by atoms with Crippen molar-refractivity contribution in [1.82, 2.24) is 19.5 Å². The number of hydrogen-bond acceptors (Lipinski definition) is 8. The molecule has 0 spiro atoms. The molecule has 0 amide bonds. The molecule has 148 valence electrons. The molecule has 0 radical (unpaired) electrons. The smallest absolute Gasteiger partial charge is 0.308 e. The minimum absolute atomic E-state index is 0.0753. The number of rotatable bonds is 5. The highest BCUT2D eigenvalue weighted by Crippen LogP contribution is 2.41. The van der Waals surface area contributed by atoms with Crippen molar-refractivity contribution >= 4 is 22.3 Å². The highest BCUT2D eigenvalue weighted by molar-refractivity contribution is 7.17. The number of carbonyl (C=O) groups is 1. The van der Waals surface area contributed by atoms with Crippen LogP contribution in [-0.4, -0.2) is 57.9 Å². The van der Waals surface area contributed by atoms with Gasteiger partial charge in [0.1, 0.15) is 12.1 Å². The number of likely N-dealkylation sites (tertiary alicyclic amines) is 1. The lowest BCUT2D eigenvalue weighted by Gasteiger charge is -2.36. The van der Waals surface area contributed by atoms with Crippen LogP contribution in [0.25, 0.3) is 4.96 Å². The predicted octanol–water partition coefficient (Wildman–Crippen LogP) is 2.48. The Bertz CT molecular complexity index is 960. The van der Waals surface area contributed by atoms with Crippen molar-refractivity contribution in [2.75, 3.05) is 27.3 Å². The average molecular weight is 402 g/mol. The van der Waals surface area contributed by atoms with Crippen molar-refractivity contribution in [3.05, 3.63) is 41.0 Å². The highest BCUT2D eigenvalue weighted by Gasteiger charge is 2.34. The first-order chi connectivity index (χ1) is 13.6. The standard InChI is InChI=1S/C19H22N4O4S/c1-26-14-5-3-12(4-6-14)15(16-17(24)23-19(28-16)20-11-21-23)22-9-7-13(8-10-22)18(25)27-2/h3-6,11,13,15,24H,7-10H2,1-2H3. The molecule has 4 rings (SSSR count). The van der Waals surface area contributed by atoms with Gasteiger partial charge in [-0.25, -0.2) is 4.98 Å². The summed E-state index contributed by atoms with van der Waals surface area (Å²) in [5.74, 6) is 0.656. The normalized spacial score (nSPS) is 16.9. The number of methoxy groups -OCH3 is 2. The van der Waals surface area contributed by atoms with Gasteiger partial charge in [-0.05, 0) is 43.6 Å². The lowest BCUT2D eigenvalue weighted by molar-refractivity contribution is -0.147. The molecule has 0 saturated carbocycles. The van der Waals surface area contributed by atoms with E-state index in [9.17, 15) is 9.90 Å². The topological polar surface area (TPSA) is 89.2 Å². The second-order valence-corrected chi connectivity index (χ2v) is 7.76. The molecule has 1 aliphatic rings. The Morgan fingerprint density at radius 1 is 1.25 bits per heavy atom. The number of aromatic nitrogens is 3. The van der Waals surface area contributed by atoms with Gasteiger partial charge in [-0.3, -0.25) is 9.69 Å². The van der Waals surface area contributed by atoms with Gasteiger partial charge in [0.25, 0.3) is 0 Å². The number of piperidine rings is 1. The fraction of sp³-hybridized carbons (Fsp3) is 0.421. The van der Waals surface area contributed by atoms with Crippen LogP contribution in [0.3, 0.4) is 0 Å². The summed E-state index contributed by atoms with van der Waals surface area (Å²) in [4.78, 5) is 19.8. The van der Waals surface area contributed by atoms with Crippen LogP contribution < -0.4 is 4.74 Å². The molecule has 9 heteroatoms. The molecule has 1 aromatic carbocycles. The van der Waals surface area contributed by atoms with E-state index in [0.29, 0.717) is 4.96 Å². The Balaban J connectivity index is 1.68. The number of benzene rings is 1.